The highest BCUT2D eigenvalue weighted by Gasteiger charge is 2.19. The van der Waals surface area contributed by atoms with Gasteiger partial charge in [-0.15, -0.1) is 0 Å². The molecule has 2 aromatic carbocycles. The maximum absolute atomic E-state index is 12.6. The zero-order valence-electron chi connectivity index (χ0n) is 16.9. The number of carbonyl (C=O) groups excluding carboxylic acids is 1. The summed E-state index contributed by atoms with van der Waals surface area (Å²) in [5.41, 5.74) is 2.07. The molecule has 1 saturated heterocycles. The van der Waals surface area contributed by atoms with Gasteiger partial charge in [0.15, 0.2) is 5.11 Å². The molecule has 2 aromatic rings. The van der Waals surface area contributed by atoms with E-state index in [-0.39, 0.29) is 11.0 Å². The Morgan fingerprint density at radius 3 is 2.77 bits per heavy atom. The van der Waals surface area contributed by atoms with Gasteiger partial charge >= 0.3 is 0 Å². The van der Waals surface area contributed by atoms with Crippen LogP contribution in [-0.4, -0.2) is 43.9 Å². The maximum atomic E-state index is 12.6. The lowest BCUT2D eigenvalue weighted by Gasteiger charge is -2.31. The lowest BCUT2D eigenvalue weighted by Crippen LogP contribution is -2.38. The molecule has 0 saturated carbocycles. The van der Waals surface area contributed by atoms with E-state index in [2.05, 4.69) is 22.5 Å². The fourth-order valence-electron chi connectivity index (χ4n) is 3.11. The maximum Gasteiger partial charge on any atom is 0.257 e. The summed E-state index contributed by atoms with van der Waals surface area (Å²) in [6.07, 6.45) is 2.02. The van der Waals surface area contributed by atoms with E-state index in [0.717, 1.165) is 37.3 Å². The average Bonchev–Trinajstić information content (AvgIpc) is 2.75. The molecule has 0 aliphatic carbocycles. The van der Waals surface area contributed by atoms with Gasteiger partial charge in [0.1, 0.15) is 5.75 Å². The smallest absolute Gasteiger partial charge is 0.257 e. The summed E-state index contributed by atoms with van der Waals surface area (Å²) in [5.74, 6) is 0.364. The van der Waals surface area contributed by atoms with Gasteiger partial charge in [-0.1, -0.05) is 37.1 Å². The van der Waals surface area contributed by atoms with Crippen LogP contribution in [0.4, 0.5) is 11.4 Å². The molecule has 0 spiro atoms. The summed E-state index contributed by atoms with van der Waals surface area (Å²) in [4.78, 5) is 14.8. The molecular weight excluding hydrogens is 422 g/mol. The van der Waals surface area contributed by atoms with Crippen molar-refractivity contribution in [1.29, 1.82) is 0 Å². The topological polar surface area (TPSA) is 62.8 Å². The van der Waals surface area contributed by atoms with Gasteiger partial charge in [0.2, 0.25) is 0 Å². The molecule has 160 valence electrons. The molecule has 1 aliphatic heterocycles. The predicted molar refractivity (Wildman–Crippen MR) is 125 cm³/mol. The number of morpholine rings is 1. The number of anilines is 2. The summed E-state index contributed by atoms with van der Waals surface area (Å²) in [6, 6.07) is 12.6. The van der Waals surface area contributed by atoms with Gasteiger partial charge in [-0.05, 0) is 49.0 Å². The molecule has 0 atom stereocenters. The molecule has 6 nitrogen and oxygen atoms in total. The van der Waals surface area contributed by atoms with Crippen molar-refractivity contribution in [2.45, 2.75) is 19.8 Å². The molecule has 8 heteroatoms. The van der Waals surface area contributed by atoms with Crippen LogP contribution < -0.4 is 20.3 Å². The van der Waals surface area contributed by atoms with Crippen LogP contribution in [-0.2, 0) is 4.74 Å². The Balaban J connectivity index is 1.65. The number of unbranched alkanes of at least 4 members (excludes halogenated alkanes) is 1. The molecule has 0 radical (unpaired) electrons. The van der Waals surface area contributed by atoms with Gasteiger partial charge in [0, 0.05) is 18.7 Å². The van der Waals surface area contributed by atoms with Gasteiger partial charge in [-0.25, -0.2) is 0 Å². The van der Waals surface area contributed by atoms with Crippen molar-refractivity contribution < 1.29 is 14.3 Å². The van der Waals surface area contributed by atoms with Gasteiger partial charge in [0.25, 0.3) is 5.91 Å². The minimum absolute atomic E-state index is 0.203. The van der Waals surface area contributed by atoms with E-state index in [1.54, 1.807) is 18.2 Å². The Morgan fingerprint density at radius 1 is 1.23 bits per heavy atom. The quantitative estimate of drug-likeness (QED) is 0.482. The van der Waals surface area contributed by atoms with E-state index in [4.69, 9.17) is 33.3 Å². The molecule has 1 aliphatic rings. The SMILES string of the molecule is CCCCOc1cccc(C(=O)NC(=S)Nc2cccc(Cl)c2N2CCOCC2)c1. The fraction of sp³-hybridized carbons (Fsp3) is 0.364. The lowest BCUT2D eigenvalue weighted by atomic mass is 10.2. The molecule has 0 unspecified atom stereocenters. The zero-order chi connectivity index (χ0) is 21.3. The first-order chi connectivity index (χ1) is 14.6. The Bertz CT molecular complexity index is 888. The number of amides is 1. The zero-order valence-corrected chi connectivity index (χ0v) is 18.5. The normalized spacial score (nSPS) is 13.6. The predicted octanol–water partition coefficient (Wildman–Crippen LogP) is 4.48. The first kappa shape index (κ1) is 22.3. The van der Waals surface area contributed by atoms with Crippen LogP contribution in [0, 0.1) is 0 Å². The number of nitrogens with one attached hydrogen (secondary N) is 2. The van der Waals surface area contributed by atoms with Crippen molar-refractivity contribution in [1.82, 2.24) is 5.32 Å². The average molecular weight is 448 g/mol. The molecular formula is C22H26ClN3O3S. The number of nitrogens with zero attached hydrogens (tertiary/aromatic N) is 1. The Morgan fingerprint density at radius 2 is 2.00 bits per heavy atom. The third-order valence-corrected chi connectivity index (χ3v) is 5.16. The molecule has 1 heterocycles. The second-order valence-corrected chi connectivity index (χ2v) is 7.69. The van der Waals surface area contributed by atoms with Crippen LogP contribution in [0.25, 0.3) is 0 Å². The molecule has 2 N–H and O–H groups in total. The van der Waals surface area contributed by atoms with Gasteiger partial charge in [-0.3, -0.25) is 10.1 Å². The highest BCUT2D eigenvalue weighted by Crippen LogP contribution is 2.34. The molecule has 0 bridgehead atoms. The van der Waals surface area contributed by atoms with Crippen LogP contribution in [0.2, 0.25) is 5.02 Å². The number of hydrogen-bond donors (Lipinski definition) is 2. The van der Waals surface area contributed by atoms with E-state index in [0.29, 0.717) is 36.2 Å². The van der Waals surface area contributed by atoms with Crippen molar-refractivity contribution >= 4 is 46.2 Å². The van der Waals surface area contributed by atoms with Crippen molar-refractivity contribution in [3.63, 3.8) is 0 Å². The van der Waals surface area contributed by atoms with Crippen molar-refractivity contribution in [2.75, 3.05) is 43.1 Å². The molecule has 1 fully saturated rings. The third kappa shape index (κ3) is 6.08. The van der Waals surface area contributed by atoms with Gasteiger partial charge < -0.3 is 19.7 Å². The third-order valence-electron chi connectivity index (χ3n) is 4.65. The van der Waals surface area contributed by atoms with E-state index in [1.807, 2.05) is 24.3 Å². The number of benzene rings is 2. The van der Waals surface area contributed by atoms with E-state index in [1.165, 1.54) is 0 Å². The van der Waals surface area contributed by atoms with E-state index in [9.17, 15) is 4.79 Å². The summed E-state index contributed by atoms with van der Waals surface area (Å²) in [7, 11) is 0. The highest BCUT2D eigenvalue weighted by molar-refractivity contribution is 7.80. The van der Waals surface area contributed by atoms with Crippen LogP contribution in [0.5, 0.6) is 5.75 Å². The monoisotopic (exact) mass is 447 g/mol. The van der Waals surface area contributed by atoms with Crippen molar-refractivity contribution in [3.05, 3.63) is 53.1 Å². The Hall–Kier alpha value is -2.35. The van der Waals surface area contributed by atoms with Gasteiger partial charge in [-0.2, -0.15) is 0 Å². The molecule has 0 aromatic heterocycles. The van der Waals surface area contributed by atoms with E-state index >= 15 is 0 Å². The van der Waals surface area contributed by atoms with Crippen LogP contribution >= 0.6 is 23.8 Å². The van der Waals surface area contributed by atoms with Crippen LogP contribution in [0.1, 0.15) is 30.1 Å². The van der Waals surface area contributed by atoms with Gasteiger partial charge in [0.05, 0.1) is 36.2 Å². The second kappa shape index (κ2) is 11.2. The number of halogens is 1. The fourth-order valence-corrected chi connectivity index (χ4v) is 3.61. The minimum Gasteiger partial charge on any atom is -0.494 e. The number of hydrogen-bond acceptors (Lipinski definition) is 5. The summed E-state index contributed by atoms with van der Waals surface area (Å²) >= 11 is 11.8. The lowest BCUT2D eigenvalue weighted by molar-refractivity contribution is 0.0977. The molecule has 3 rings (SSSR count). The molecule has 1 amide bonds. The Kier molecular flexibility index (Phi) is 8.30. The number of ether oxygens (including phenoxy) is 2. The summed E-state index contributed by atoms with van der Waals surface area (Å²) in [5, 5.41) is 6.66. The number of para-hydroxylation sites is 1. The standard InChI is InChI=1S/C22H26ClN3O3S/c1-2-3-12-29-17-7-4-6-16(15-17)21(27)25-22(30)24-19-9-5-8-18(23)20(19)26-10-13-28-14-11-26/h4-9,15H,2-3,10-14H2,1H3,(H2,24,25,27,30). The number of thiocarbonyl (C=S) groups is 1. The number of rotatable bonds is 7. The van der Waals surface area contributed by atoms with Crippen molar-refractivity contribution in [3.8, 4) is 5.75 Å². The number of carbonyl (C=O) groups is 1. The second-order valence-electron chi connectivity index (χ2n) is 6.87. The Labute approximate surface area is 187 Å². The van der Waals surface area contributed by atoms with Crippen LogP contribution in [0.3, 0.4) is 0 Å². The van der Waals surface area contributed by atoms with E-state index < -0.39 is 0 Å². The van der Waals surface area contributed by atoms with Crippen molar-refractivity contribution in [2.24, 2.45) is 0 Å². The first-order valence-electron chi connectivity index (χ1n) is 10.0. The summed E-state index contributed by atoms with van der Waals surface area (Å²) < 4.78 is 11.1. The first-order valence-corrected chi connectivity index (χ1v) is 10.8. The minimum atomic E-state index is -0.302. The largest absolute Gasteiger partial charge is 0.494 e. The summed E-state index contributed by atoms with van der Waals surface area (Å²) in [6.45, 7) is 5.49. The van der Waals surface area contributed by atoms with Crippen LogP contribution in [0.15, 0.2) is 42.5 Å². The molecule has 30 heavy (non-hydrogen) atoms. The highest BCUT2D eigenvalue weighted by atomic mass is 35.5.